The third-order valence-corrected chi connectivity index (χ3v) is 12.5. The number of aromatic nitrogens is 12. The van der Waals surface area contributed by atoms with Crippen LogP contribution in [0.25, 0.3) is 66.4 Å². The van der Waals surface area contributed by atoms with Gasteiger partial charge in [-0.1, -0.05) is 81.1 Å². The fourth-order valence-electron chi connectivity index (χ4n) is 7.32. The van der Waals surface area contributed by atoms with Crippen LogP contribution in [0.5, 0.6) is 5.75 Å². The molecule has 88 heavy (non-hydrogen) atoms. The van der Waals surface area contributed by atoms with Crippen molar-refractivity contribution in [2.45, 2.75) is 70.2 Å². The van der Waals surface area contributed by atoms with Crippen LogP contribution < -0.4 is 145 Å². The Morgan fingerprint density at radius 2 is 1.24 bits per heavy atom. The van der Waals surface area contributed by atoms with E-state index in [1.165, 1.54) is 68.5 Å². The number of nitrogen functional groups attached to an aromatic ring is 2. The molecule has 2 atom stereocenters. The SMILES string of the molecule is CC(Br)c1nc2cccc(Cl)c2c(=O)[n-]1.COc1ccc(-c2[nH]nc3ncnc(N)c23)c(F)c1F.Cc1ccc(-c2nn(C(C)c3nc4cccc(Cl)c4c(=O)[n-]3)c3ncnc(N)c23)c(F)c1F.O=CO[O-].[2H]CF.[CH2-]CCC[CH2-].[CH2-]CCC[CH2-].[H-].[K+].[K+].[Y+3].[Y+3]. The van der Waals surface area contributed by atoms with Gasteiger partial charge in [-0.05, 0) is 67.7 Å². The van der Waals surface area contributed by atoms with Crippen molar-refractivity contribution in [1.82, 2.24) is 59.8 Å². The molecule has 0 saturated heterocycles. The Kier molecular flexibility index (Phi) is 40.9. The number of alkyl halides is 2. The van der Waals surface area contributed by atoms with E-state index in [-0.39, 0.29) is 265 Å². The average molecular weight is 1520 g/mol. The average Bonchev–Trinajstić information content (AvgIpc) is 1.71. The Morgan fingerprint density at radius 1 is 0.761 bits per heavy atom. The van der Waals surface area contributed by atoms with Crippen molar-refractivity contribution in [3.8, 4) is 28.3 Å². The maximum Gasteiger partial charge on any atom is 3.00 e. The molecule has 6 heterocycles. The molecule has 0 aliphatic heterocycles. The summed E-state index contributed by atoms with van der Waals surface area (Å²) in [6, 6.07) is 14.9. The molecule has 0 aliphatic carbocycles. The maximum absolute atomic E-state index is 14.8. The Labute approximate surface area is 660 Å². The van der Waals surface area contributed by atoms with Crippen molar-refractivity contribution >= 4 is 101 Å². The van der Waals surface area contributed by atoms with Crippen LogP contribution in [-0.4, -0.2) is 70.6 Å². The Balaban J connectivity index is 0. The summed E-state index contributed by atoms with van der Waals surface area (Å²) in [5.41, 5.74) is 12.8. The smallest absolute Gasteiger partial charge is 1.00 e. The van der Waals surface area contributed by atoms with E-state index in [0.29, 0.717) is 32.7 Å². The van der Waals surface area contributed by atoms with E-state index >= 15 is 0 Å². The number of carbonyl (C=O) groups is 1. The van der Waals surface area contributed by atoms with Gasteiger partial charge in [0.2, 0.25) is 5.82 Å². The van der Waals surface area contributed by atoms with E-state index in [2.05, 4.69) is 104 Å². The zero-order chi connectivity index (χ0) is 63.1. The van der Waals surface area contributed by atoms with Crippen LogP contribution in [0, 0.1) is 57.9 Å². The van der Waals surface area contributed by atoms with Crippen molar-refractivity contribution in [2.24, 2.45) is 0 Å². The topological polar surface area (TPSA) is 297 Å². The number of ether oxygens (including phenoxy) is 1. The number of halogens is 8. The van der Waals surface area contributed by atoms with Gasteiger partial charge >= 0.3 is 168 Å². The molecule has 6 aromatic heterocycles. The fraction of sp³-hybridized carbons (Fsp3) is 0.232. The second kappa shape index (κ2) is 43.2. The Morgan fingerprint density at radius 3 is 1.73 bits per heavy atom. The third kappa shape index (κ3) is 22.2. The number of hydrogen-bond acceptors (Lipinski definition) is 16. The summed E-state index contributed by atoms with van der Waals surface area (Å²) in [5, 5.41) is 21.2. The summed E-state index contributed by atoms with van der Waals surface area (Å²) in [6.07, 6.45) is 8.94. The summed E-state index contributed by atoms with van der Waals surface area (Å²) in [6.45, 7) is 19.4. The minimum Gasteiger partial charge on any atom is -1.00 e. The molecule has 5 N–H and O–H groups in total. The van der Waals surface area contributed by atoms with Crippen molar-refractivity contribution in [3.05, 3.63) is 172 Å². The largest absolute Gasteiger partial charge is 3.00 e. The minimum atomic E-state index is -1.08. The zero-order valence-corrected chi connectivity index (χ0v) is 63.7. The van der Waals surface area contributed by atoms with Gasteiger partial charge in [0, 0.05) is 26.7 Å². The first-order valence-corrected chi connectivity index (χ1v) is 26.4. The number of aryl methyl sites for hydroxylation is 1. The van der Waals surface area contributed by atoms with Gasteiger partial charge in [0.05, 0.1) is 48.2 Å². The van der Waals surface area contributed by atoms with Crippen molar-refractivity contribution in [1.29, 1.82) is 0 Å². The first-order valence-electron chi connectivity index (χ1n) is 25.4. The zero-order valence-electron chi connectivity index (χ0n) is 50.6. The van der Waals surface area contributed by atoms with Gasteiger partial charge in [-0.3, -0.25) is 23.9 Å². The molecular formula is C56H56BrCl2F5K2N14O6Y2. The van der Waals surface area contributed by atoms with Crippen LogP contribution in [0.2, 0.25) is 10.0 Å². The van der Waals surface area contributed by atoms with E-state index in [1.807, 2.05) is 6.92 Å². The van der Waals surface area contributed by atoms with Crippen molar-refractivity contribution in [3.63, 3.8) is 0 Å². The van der Waals surface area contributed by atoms with Crippen LogP contribution in [-0.2, 0) is 75.1 Å². The normalized spacial score (nSPS) is 10.8. The molecule has 4 aromatic carbocycles. The molecule has 0 amide bonds. The van der Waals surface area contributed by atoms with Gasteiger partial charge in [0.25, 0.3) is 6.47 Å². The van der Waals surface area contributed by atoms with E-state index in [4.69, 9.17) is 50.8 Å². The fourth-order valence-corrected chi connectivity index (χ4v) is 8.02. The maximum atomic E-state index is 14.8. The van der Waals surface area contributed by atoms with Crippen LogP contribution >= 0.6 is 39.1 Å². The van der Waals surface area contributed by atoms with Gasteiger partial charge in [0.1, 0.15) is 30.0 Å². The monoisotopic (exact) mass is 1520 g/mol. The number of nitrogens with two attached hydrogens (primary N) is 2. The third-order valence-electron chi connectivity index (χ3n) is 11.4. The second-order valence-corrected chi connectivity index (χ2v) is 19.1. The van der Waals surface area contributed by atoms with Crippen LogP contribution in [0.15, 0.2) is 82.9 Å². The summed E-state index contributed by atoms with van der Waals surface area (Å²) >= 11 is 15.3. The number of unbranched alkanes of at least 4 members (excludes halogenated alkanes) is 4. The van der Waals surface area contributed by atoms with Gasteiger partial charge in [-0.2, -0.15) is 40.3 Å². The van der Waals surface area contributed by atoms with E-state index in [1.54, 1.807) is 43.3 Å². The predicted octanol–water partition coefficient (Wildman–Crippen LogP) is 5.13. The molecule has 10 aromatic rings. The van der Waals surface area contributed by atoms with Crippen molar-refractivity contribution < 1.29 is 213 Å². The number of nitrogens with one attached hydrogen (secondary N) is 1. The predicted molar refractivity (Wildman–Crippen MR) is 316 cm³/mol. The molecule has 0 saturated carbocycles. The van der Waals surface area contributed by atoms with Crippen LogP contribution in [0.3, 0.4) is 0 Å². The van der Waals surface area contributed by atoms with Gasteiger partial charge in [-0.15, -0.1) is 12.8 Å². The molecule has 2 unspecified atom stereocenters. The Hall–Kier alpha value is -2.72. The number of H-pyrrole nitrogens is 1. The number of nitrogens with zero attached hydrogens (tertiary/aromatic N) is 11. The van der Waals surface area contributed by atoms with Crippen LogP contribution in [0.4, 0.5) is 33.6 Å². The Bertz CT molecular complexity index is 3980. The number of hydrogen-bond donors (Lipinski definition) is 3. The van der Waals surface area contributed by atoms with E-state index < -0.39 is 42.0 Å². The van der Waals surface area contributed by atoms with Gasteiger partial charge < -0.3 is 75.4 Å². The number of rotatable bonds is 11. The van der Waals surface area contributed by atoms with Gasteiger partial charge in [-0.25, -0.2) is 37.8 Å². The second-order valence-electron chi connectivity index (χ2n) is 17.0. The number of carbonyl (C=O) groups excluding carboxylic acids is 1. The van der Waals surface area contributed by atoms with Gasteiger partial charge in [0.15, 0.2) is 45.6 Å². The van der Waals surface area contributed by atoms with E-state index in [0.717, 1.165) is 25.7 Å². The number of anilines is 2. The molecule has 0 aliphatic rings. The number of fused-ring (bicyclic) bond motifs is 4. The molecular weight excluding hydrogens is 1470 g/mol. The molecule has 10 rings (SSSR count). The molecule has 32 heteroatoms. The molecule has 450 valence electrons. The van der Waals surface area contributed by atoms with E-state index in [9.17, 15) is 31.5 Å². The number of aromatic amines is 1. The summed E-state index contributed by atoms with van der Waals surface area (Å²) in [5.74, 6) is -3.55. The summed E-state index contributed by atoms with van der Waals surface area (Å²) in [7, 11) is 0.259. The molecule has 0 radical (unpaired) electrons. The number of methoxy groups -OCH3 is 1. The minimum absolute atomic E-state index is 0. The first-order chi connectivity index (χ1) is 40.7. The van der Waals surface area contributed by atoms with Crippen LogP contribution in [0.1, 0.15) is 83.3 Å². The molecule has 20 nitrogen and oxygen atoms in total. The first kappa shape index (κ1) is 83.3. The quantitative estimate of drug-likeness (QED) is 0.0288. The molecule has 0 fully saturated rings. The standard InChI is InChI=1S/C22H16ClF2N7O.C12H9F2N5O.C10H8BrClN2O.2C5H10.CH3F.CH2O3.2K.2Y.H/c1-9-6-7-11(17(25)16(9)24)18-15-19(26)27-8-28-21(15)32(31-18)10(2)20-29-13-5-3-4-12(23)14(13)22(33)30-20;1-20-6-3-2-5(8(13)9(6)14)10-7-11(15)16-4-17-12(7)19-18-10;1-5(11)9-13-7-4-2-3-6(12)8(7)10(15)14-9;2*1-3-5-4-2;1-2;2-1-4-3;;;;;/h3-8,10H,1-2H3,(H3,26,27,28,29,30,31,33);2-4H,1H3,(H3,15,16,17,18,19);2-5H,1H3,(H,13,14,15);2*1-5H2;1H3;1,3H;;;;;/q;;;2*-2;;;2*+1;2*+3;-1/p-3/i;;;;;1D;;;;;;. The summed E-state index contributed by atoms with van der Waals surface area (Å²) < 4.78 is 78.6. The molecule has 0 bridgehead atoms. The van der Waals surface area contributed by atoms with Crippen molar-refractivity contribution in [2.75, 3.05) is 25.7 Å². The number of benzene rings is 4. The summed E-state index contributed by atoms with van der Waals surface area (Å²) in [4.78, 5) is 68.1. The molecule has 0 spiro atoms.